The van der Waals surface area contributed by atoms with Crippen molar-refractivity contribution in [3.05, 3.63) is 63.6 Å². The van der Waals surface area contributed by atoms with E-state index < -0.39 is 23.6 Å². The molecule has 1 fully saturated rings. The summed E-state index contributed by atoms with van der Waals surface area (Å²) >= 11 is 12.3. The molecule has 1 aliphatic rings. The van der Waals surface area contributed by atoms with E-state index in [2.05, 4.69) is 0 Å². The predicted molar refractivity (Wildman–Crippen MR) is 93.0 cm³/mol. The van der Waals surface area contributed by atoms with Crippen molar-refractivity contribution >= 4 is 34.8 Å². The van der Waals surface area contributed by atoms with Crippen LogP contribution < -0.4 is 4.90 Å². The third-order valence-corrected chi connectivity index (χ3v) is 4.89. The molecule has 132 valence electrons. The topological polar surface area (TPSA) is 40.5 Å². The van der Waals surface area contributed by atoms with Gasteiger partial charge in [-0.3, -0.25) is 4.79 Å². The van der Waals surface area contributed by atoms with E-state index in [-0.39, 0.29) is 25.3 Å². The Morgan fingerprint density at radius 2 is 1.84 bits per heavy atom. The predicted octanol–water partition coefficient (Wildman–Crippen LogP) is 4.23. The van der Waals surface area contributed by atoms with Crippen molar-refractivity contribution in [2.24, 2.45) is 5.92 Å². The molecule has 0 saturated carbocycles. The molecule has 0 aromatic heterocycles. The van der Waals surface area contributed by atoms with E-state index in [1.54, 1.807) is 18.2 Å². The van der Waals surface area contributed by atoms with E-state index in [0.29, 0.717) is 21.3 Å². The van der Waals surface area contributed by atoms with E-state index in [1.807, 2.05) is 0 Å². The first-order valence-electron chi connectivity index (χ1n) is 7.74. The van der Waals surface area contributed by atoms with Crippen molar-refractivity contribution < 1.29 is 18.7 Å². The molecule has 1 heterocycles. The third-order valence-electron chi connectivity index (χ3n) is 4.28. The zero-order valence-electron chi connectivity index (χ0n) is 13.1. The maximum Gasteiger partial charge on any atom is 0.255 e. The summed E-state index contributed by atoms with van der Waals surface area (Å²) in [5, 5.41) is 10.7. The number of carbonyl (C=O) groups excluding carboxylic acids is 1. The quantitative estimate of drug-likeness (QED) is 0.858. The second kappa shape index (κ2) is 7.28. The van der Waals surface area contributed by atoms with Crippen molar-refractivity contribution in [2.45, 2.75) is 18.9 Å². The van der Waals surface area contributed by atoms with E-state index in [1.165, 1.54) is 17.0 Å². The Morgan fingerprint density at radius 3 is 2.48 bits per heavy atom. The fourth-order valence-corrected chi connectivity index (χ4v) is 3.72. The molecular weight excluding hydrogens is 371 g/mol. The average Bonchev–Trinajstić information content (AvgIpc) is 2.54. The second-order valence-corrected chi connectivity index (χ2v) is 6.89. The molecule has 0 radical (unpaired) electrons. The van der Waals surface area contributed by atoms with Crippen molar-refractivity contribution in [2.75, 3.05) is 11.4 Å². The smallest absolute Gasteiger partial charge is 0.255 e. The summed E-state index contributed by atoms with van der Waals surface area (Å²) in [6, 6.07) is 8.25. The van der Waals surface area contributed by atoms with Gasteiger partial charge >= 0.3 is 0 Å². The molecule has 0 bridgehead atoms. The van der Waals surface area contributed by atoms with Gasteiger partial charge in [-0.25, -0.2) is 8.78 Å². The fourth-order valence-electron chi connectivity index (χ4n) is 3.11. The van der Waals surface area contributed by atoms with Crippen LogP contribution in [0.15, 0.2) is 36.4 Å². The monoisotopic (exact) mass is 385 g/mol. The Hall–Kier alpha value is -1.69. The number of para-hydroxylation sites is 1. The number of rotatable bonds is 3. The Kier molecular flexibility index (Phi) is 5.27. The Labute approximate surface area is 153 Å². The van der Waals surface area contributed by atoms with Gasteiger partial charge in [0.15, 0.2) is 0 Å². The largest absolute Gasteiger partial charge is 0.383 e. The number of nitrogens with zero attached hydrogens (tertiary/aromatic N) is 1. The van der Waals surface area contributed by atoms with Gasteiger partial charge in [-0.05, 0) is 42.5 Å². The highest BCUT2D eigenvalue weighted by Crippen LogP contribution is 2.37. The zero-order chi connectivity index (χ0) is 18.1. The molecule has 7 heteroatoms. The lowest BCUT2D eigenvalue weighted by Gasteiger charge is -2.36. The number of amides is 1. The lowest BCUT2D eigenvalue weighted by atomic mass is 9.89. The number of benzene rings is 2. The molecule has 2 atom stereocenters. The average molecular weight is 386 g/mol. The van der Waals surface area contributed by atoms with E-state index in [9.17, 15) is 18.7 Å². The molecule has 3 nitrogen and oxygen atoms in total. The summed E-state index contributed by atoms with van der Waals surface area (Å²) in [5.41, 5.74) is 0.664. The standard InChI is InChI=1S/C18H15Cl2F2NO2/c19-13-2-1-3-14(20)17(13)23-9-10(7-16(24)18(23)25)6-11-4-5-12(21)8-15(11)22/h1-5,8,10,16,24H,6-7,9H2. The second-order valence-electron chi connectivity index (χ2n) is 6.08. The van der Waals surface area contributed by atoms with E-state index in [4.69, 9.17) is 23.2 Å². The molecule has 1 aliphatic heterocycles. The highest BCUT2D eigenvalue weighted by molar-refractivity contribution is 6.40. The minimum Gasteiger partial charge on any atom is -0.383 e. The summed E-state index contributed by atoms with van der Waals surface area (Å²) < 4.78 is 27.0. The minimum atomic E-state index is -1.23. The van der Waals surface area contributed by atoms with Crippen LogP contribution in [0.4, 0.5) is 14.5 Å². The molecule has 25 heavy (non-hydrogen) atoms. The number of hydrogen-bond acceptors (Lipinski definition) is 2. The maximum atomic E-state index is 13.9. The molecule has 3 rings (SSSR count). The van der Waals surface area contributed by atoms with Gasteiger partial charge < -0.3 is 10.0 Å². The summed E-state index contributed by atoms with van der Waals surface area (Å²) in [6.45, 7) is 0.232. The number of hydrogen-bond donors (Lipinski definition) is 1. The van der Waals surface area contributed by atoms with Crippen LogP contribution in [0, 0.1) is 17.6 Å². The zero-order valence-corrected chi connectivity index (χ0v) is 14.6. The first-order valence-corrected chi connectivity index (χ1v) is 8.49. The number of piperidine rings is 1. The highest BCUT2D eigenvalue weighted by Gasteiger charge is 2.35. The van der Waals surface area contributed by atoms with Gasteiger partial charge in [0.05, 0.1) is 15.7 Å². The minimum absolute atomic E-state index is 0.189. The number of aliphatic hydroxyl groups excluding tert-OH is 1. The molecule has 0 spiro atoms. The number of aliphatic hydroxyl groups is 1. The maximum absolute atomic E-state index is 13.9. The normalized spacial score (nSPS) is 20.8. The van der Waals surface area contributed by atoms with Crippen molar-refractivity contribution in [1.29, 1.82) is 0 Å². The lowest BCUT2D eigenvalue weighted by molar-refractivity contribution is -0.129. The van der Waals surface area contributed by atoms with Gasteiger partial charge in [-0.1, -0.05) is 35.3 Å². The van der Waals surface area contributed by atoms with Crippen LogP contribution in [0.25, 0.3) is 0 Å². The van der Waals surface area contributed by atoms with Crippen LogP contribution in [0.5, 0.6) is 0 Å². The van der Waals surface area contributed by atoms with E-state index >= 15 is 0 Å². The summed E-state index contributed by atoms with van der Waals surface area (Å²) in [6.07, 6.45) is -0.780. The molecule has 2 unspecified atom stereocenters. The Bertz CT molecular complexity index is 795. The summed E-state index contributed by atoms with van der Waals surface area (Å²) in [5.74, 6) is -2.01. The SMILES string of the molecule is O=C1C(O)CC(Cc2ccc(F)cc2F)CN1c1c(Cl)cccc1Cl. The van der Waals surface area contributed by atoms with Crippen molar-refractivity contribution in [1.82, 2.24) is 0 Å². The number of carbonyl (C=O) groups is 1. The first-order chi connectivity index (χ1) is 11.9. The summed E-state index contributed by atoms with van der Waals surface area (Å²) in [7, 11) is 0. The summed E-state index contributed by atoms with van der Waals surface area (Å²) in [4.78, 5) is 13.7. The van der Waals surface area contributed by atoms with Crippen molar-refractivity contribution in [3.63, 3.8) is 0 Å². The molecular formula is C18H15Cl2F2NO2. The van der Waals surface area contributed by atoms with E-state index in [0.717, 1.165) is 6.07 Å². The van der Waals surface area contributed by atoms with Gasteiger partial charge in [-0.15, -0.1) is 0 Å². The van der Waals surface area contributed by atoms with Gasteiger partial charge in [-0.2, -0.15) is 0 Å². The van der Waals surface area contributed by atoms with Crippen LogP contribution in [-0.4, -0.2) is 23.7 Å². The molecule has 0 aliphatic carbocycles. The third kappa shape index (κ3) is 3.78. The van der Waals surface area contributed by atoms with Crippen molar-refractivity contribution in [3.8, 4) is 0 Å². The molecule has 2 aromatic carbocycles. The first kappa shape index (κ1) is 18.1. The van der Waals surface area contributed by atoms with Gasteiger partial charge in [0.2, 0.25) is 0 Å². The van der Waals surface area contributed by atoms with Crippen LogP contribution in [0.1, 0.15) is 12.0 Å². The van der Waals surface area contributed by atoms with Crippen LogP contribution in [0.2, 0.25) is 10.0 Å². The molecule has 1 saturated heterocycles. The van der Waals surface area contributed by atoms with Gasteiger partial charge in [0, 0.05) is 12.6 Å². The molecule has 1 amide bonds. The van der Waals surface area contributed by atoms with Crippen LogP contribution in [-0.2, 0) is 11.2 Å². The molecule has 1 N–H and O–H groups in total. The Balaban J connectivity index is 1.87. The lowest BCUT2D eigenvalue weighted by Crippen LogP contribution is -2.49. The number of anilines is 1. The van der Waals surface area contributed by atoms with Gasteiger partial charge in [0.1, 0.15) is 17.7 Å². The van der Waals surface area contributed by atoms with Crippen LogP contribution >= 0.6 is 23.2 Å². The van der Waals surface area contributed by atoms with Crippen LogP contribution in [0.3, 0.4) is 0 Å². The molecule has 2 aromatic rings. The van der Waals surface area contributed by atoms with Gasteiger partial charge in [0.25, 0.3) is 5.91 Å². The number of halogens is 4. The fraction of sp³-hybridized carbons (Fsp3) is 0.278. The Morgan fingerprint density at radius 1 is 1.16 bits per heavy atom. The highest BCUT2D eigenvalue weighted by atomic mass is 35.5.